The summed E-state index contributed by atoms with van der Waals surface area (Å²) >= 11 is 0. The molecular formula is C50H28N4O3. The van der Waals surface area contributed by atoms with Crippen molar-refractivity contribution < 1.29 is 13.9 Å². The van der Waals surface area contributed by atoms with E-state index >= 15 is 0 Å². The summed E-state index contributed by atoms with van der Waals surface area (Å²) in [6.45, 7) is 0. The fourth-order valence-corrected chi connectivity index (χ4v) is 8.81. The van der Waals surface area contributed by atoms with Crippen molar-refractivity contribution in [3.05, 3.63) is 170 Å². The van der Waals surface area contributed by atoms with Gasteiger partial charge in [0.05, 0.1) is 33.6 Å². The molecule has 0 saturated heterocycles. The lowest BCUT2D eigenvalue weighted by Crippen LogP contribution is -2.20. The van der Waals surface area contributed by atoms with E-state index in [0.29, 0.717) is 5.95 Å². The molecule has 0 saturated carbocycles. The van der Waals surface area contributed by atoms with Gasteiger partial charge in [-0.05, 0) is 96.1 Å². The topological polar surface area (TPSA) is 65.5 Å². The minimum atomic E-state index is 0.609. The van der Waals surface area contributed by atoms with E-state index in [9.17, 15) is 0 Å². The quantitative estimate of drug-likeness (QED) is 0.180. The molecule has 2 aliphatic rings. The minimum Gasteiger partial charge on any atom is -0.456 e. The zero-order chi connectivity index (χ0) is 37.2. The second kappa shape index (κ2) is 11.3. The Morgan fingerprint density at radius 3 is 1.82 bits per heavy atom. The summed E-state index contributed by atoms with van der Waals surface area (Å²) in [5, 5.41) is 5.34. The molecule has 0 spiro atoms. The molecule has 3 aromatic heterocycles. The van der Waals surface area contributed by atoms with E-state index in [0.717, 1.165) is 117 Å². The number of para-hydroxylation sites is 7. The number of fused-ring (bicyclic) bond motifs is 11. The first-order valence-electron chi connectivity index (χ1n) is 19.0. The predicted molar refractivity (Wildman–Crippen MR) is 227 cm³/mol. The first-order chi connectivity index (χ1) is 28.2. The van der Waals surface area contributed by atoms with Gasteiger partial charge in [0.2, 0.25) is 5.95 Å². The minimum absolute atomic E-state index is 0.609. The zero-order valence-corrected chi connectivity index (χ0v) is 30.2. The van der Waals surface area contributed by atoms with E-state index in [1.807, 2.05) is 72.8 Å². The van der Waals surface area contributed by atoms with Gasteiger partial charge < -0.3 is 13.9 Å². The maximum Gasteiger partial charge on any atom is 0.235 e. The van der Waals surface area contributed by atoms with E-state index in [2.05, 4.69) is 107 Å². The van der Waals surface area contributed by atoms with E-state index < -0.39 is 0 Å². The summed E-state index contributed by atoms with van der Waals surface area (Å²) in [6, 6.07) is 58.3. The molecule has 7 heteroatoms. The molecule has 13 rings (SSSR count). The molecule has 0 radical (unpaired) electrons. The van der Waals surface area contributed by atoms with Crippen LogP contribution in [0.1, 0.15) is 0 Å². The van der Waals surface area contributed by atoms with Crippen LogP contribution < -0.4 is 14.4 Å². The van der Waals surface area contributed by atoms with E-state index in [4.69, 9.17) is 23.9 Å². The standard InChI is InChI=1S/C50H28N4O3/c1-4-14-37-34(13-1)48(30-22-24-43-36(26-30)33-12-3-8-18-42(33)55-43)52-50(51-37)54-38-15-5-2-11-32(38)35-25-29(21-23-39(35)54)31-27-46-49-47(28-31)57-45-20-10-7-17-41(45)53(49)40-16-6-9-19-44(40)56-46/h1-28H. The van der Waals surface area contributed by atoms with Crippen molar-refractivity contribution in [3.63, 3.8) is 0 Å². The maximum atomic E-state index is 6.60. The summed E-state index contributed by atoms with van der Waals surface area (Å²) in [5.74, 6) is 3.71. The Morgan fingerprint density at radius 1 is 0.404 bits per heavy atom. The number of hydrogen-bond donors (Lipinski definition) is 0. The van der Waals surface area contributed by atoms with Gasteiger partial charge in [-0.15, -0.1) is 0 Å². The molecule has 8 aromatic carbocycles. The molecule has 266 valence electrons. The maximum absolute atomic E-state index is 6.60. The predicted octanol–water partition coefficient (Wildman–Crippen LogP) is 13.6. The van der Waals surface area contributed by atoms with Crippen molar-refractivity contribution >= 4 is 71.7 Å². The van der Waals surface area contributed by atoms with Gasteiger partial charge in [-0.3, -0.25) is 9.47 Å². The molecule has 57 heavy (non-hydrogen) atoms. The molecule has 2 aliphatic heterocycles. The molecule has 0 unspecified atom stereocenters. The third-order valence-electron chi connectivity index (χ3n) is 11.4. The van der Waals surface area contributed by atoms with Crippen molar-refractivity contribution in [2.75, 3.05) is 4.90 Å². The van der Waals surface area contributed by atoms with E-state index in [1.165, 1.54) is 0 Å². The second-order valence-electron chi connectivity index (χ2n) is 14.6. The van der Waals surface area contributed by atoms with Crippen LogP contribution in [-0.2, 0) is 0 Å². The van der Waals surface area contributed by atoms with Crippen LogP contribution in [0.2, 0.25) is 0 Å². The molecule has 0 N–H and O–H groups in total. The number of hydrogen-bond acceptors (Lipinski definition) is 6. The largest absolute Gasteiger partial charge is 0.456 e. The summed E-state index contributed by atoms with van der Waals surface area (Å²) in [7, 11) is 0. The Morgan fingerprint density at radius 2 is 1.02 bits per heavy atom. The lowest BCUT2D eigenvalue weighted by Gasteiger charge is -2.38. The van der Waals surface area contributed by atoms with Crippen LogP contribution in [0.5, 0.6) is 23.0 Å². The Bertz CT molecular complexity index is 3440. The highest BCUT2D eigenvalue weighted by Crippen LogP contribution is 2.60. The lowest BCUT2D eigenvalue weighted by atomic mass is 9.99. The van der Waals surface area contributed by atoms with Gasteiger partial charge in [0.25, 0.3) is 0 Å². The molecule has 0 fully saturated rings. The van der Waals surface area contributed by atoms with Crippen LogP contribution >= 0.6 is 0 Å². The third-order valence-corrected chi connectivity index (χ3v) is 11.4. The molecule has 11 aromatic rings. The second-order valence-corrected chi connectivity index (χ2v) is 14.6. The average Bonchev–Trinajstić information content (AvgIpc) is 3.81. The van der Waals surface area contributed by atoms with Crippen LogP contribution in [0.3, 0.4) is 0 Å². The highest BCUT2D eigenvalue weighted by atomic mass is 16.5. The highest BCUT2D eigenvalue weighted by molar-refractivity contribution is 6.11. The summed E-state index contributed by atoms with van der Waals surface area (Å²) in [4.78, 5) is 12.8. The lowest BCUT2D eigenvalue weighted by molar-refractivity contribution is 0.446. The Balaban J connectivity index is 0.992. The van der Waals surface area contributed by atoms with Gasteiger partial charge in [0, 0.05) is 32.5 Å². The van der Waals surface area contributed by atoms with Crippen molar-refractivity contribution in [3.8, 4) is 51.3 Å². The zero-order valence-electron chi connectivity index (χ0n) is 30.2. The molecular weight excluding hydrogens is 705 g/mol. The highest BCUT2D eigenvalue weighted by Gasteiger charge is 2.35. The molecule has 0 atom stereocenters. The summed E-state index contributed by atoms with van der Waals surface area (Å²) in [6.07, 6.45) is 0. The summed E-state index contributed by atoms with van der Waals surface area (Å²) < 4.78 is 21.6. The van der Waals surface area contributed by atoms with Crippen molar-refractivity contribution in [1.29, 1.82) is 0 Å². The molecule has 0 aliphatic carbocycles. The number of anilines is 3. The molecule has 7 nitrogen and oxygen atoms in total. The number of benzene rings is 8. The normalized spacial score (nSPS) is 12.8. The number of rotatable bonds is 3. The fourth-order valence-electron chi connectivity index (χ4n) is 8.81. The average molecular weight is 733 g/mol. The van der Waals surface area contributed by atoms with Gasteiger partial charge in [-0.2, -0.15) is 0 Å². The van der Waals surface area contributed by atoms with Gasteiger partial charge in [0.1, 0.15) is 16.9 Å². The SMILES string of the molecule is c1ccc2c(c1)Oc1cc(-c3ccc4c(c3)c3ccccc3n4-c3nc(-c4ccc5oc6ccccc6c5c4)c4ccccc4n3)cc3c1N2c1ccccc1O3. The van der Waals surface area contributed by atoms with Crippen molar-refractivity contribution in [2.24, 2.45) is 0 Å². The van der Waals surface area contributed by atoms with Crippen LogP contribution in [0, 0.1) is 0 Å². The Kier molecular flexibility index (Phi) is 6.04. The fraction of sp³-hybridized carbons (Fsp3) is 0. The molecule has 5 heterocycles. The Labute approximate surface area is 325 Å². The van der Waals surface area contributed by atoms with Crippen molar-refractivity contribution in [2.45, 2.75) is 0 Å². The van der Waals surface area contributed by atoms with E-state index in [1.54, 1.807) is 0 Å². The Hall–Kier alpha value is -7.90. The van der Waals surface area contributed by atoms with Gasteiger partial charge >= 0.3 is 0 Å². The van der Waals surface area contributed by atoms with Crippen LogP contribution in [-0.4, -0.2) is 14.5 Å². The van der Waals surface area contributed by atoms with Crippen LogP contribution in [0.4, 0.5) is 17.1 Å². The van der Waals surface area contributed by atoms with Gasteiger partial charge in [-0.1, -0.05) is 84.9 Å². The smallest absolute Gasteiger partial charge is 0.235 e. The van der Waals surface area contributed by atoms with Gasteiger partial charge in [-0.25, -0.2) is 9.97 Å². The van der Waals surface area contributed by atoms with E-state index in [-0.39, 0.29) is 0 Å². The third kappa shape index (κ3) is 4.36. The first kappa shape index (κ1) is 30.4. The number of nitrogens with zero attached hydrogens (tertiary/aromatic N) is 4. The monoisotopic (exact) mass is 732 g/mol. The molecule has 0 bridgehead atoms. The number of furan rings is 1. The molecule has 0 amide bonds. The summed E-state index contributed by atoms with van der Waals surface area (Å²) in [5.41, 5.74) is 11.4. The van der Waals surface area contributed by atoms with Crippen LogP contribution in [0.25, 0.3) is 83.0 Å². The van der Waals surface area contributed by atoms with Crippen molar-refractivity contribution in [1.82, 2.24) is 14.5 Å². The number of ether oxygens (including phenoxy) is 2. The first-order valence-corrected chi connectivity index (χ1v) is 19.0. The number of aromatic nitrogens is 3. The van der Waals surface area contributed by atoms with Gasteiger partial charge in [0.15, 0.2) is 23.0 Å². The van der Waals surface area contributed by atoms with Crippen LogP contribution in [0.15, 0.2) is 174 Å².